The molecule has 28 heavy (non-hydrogen) atoms. The number of rotatable bonds is 8. The van der Waals surface area contributed by atoms with Crippen LogP contribution in [0.15, 0.2) is 24.3 Å². The van der Waals surface area contributed by atoms with Crippen LogP contribution in [-0.4, -0.2) is 56.1 Å². The van der Waals surface area contributed by atoms with Gasteiger partial charge < -0.3 is 24.6 Å². The molecule has 152 valence electrons. The molecular weight excluding hydrogens is 358 g/mol. The Morgan fingerprint density at radius 3 is 2.96 bits per heavy atom. The van der Waals surface area contributed by atoms with Gasteiger partial charge in [0.05, 0.1) is 13.1 Å². The van der Waals surface area contributed by atoms with E-state index in [1.165, 1.54) is 0 Å². The summed E-state index contributed by atoms with van der Waals surface area (Å²) in [4.78, 5) is 14.2. The largest absolute Gasteiger partial charge is 0.491 e. The summed E-state index contributed by atoms with van der Waals surface area (Å²) in [5.41, 5.74) is 1.09. The van der Waals surface area contributed by atoms with Crippen LogP contribution in [0.25, 0.3) is 0 Å². The van der Waals surface area contributed by atoms with E-state index in [9.17, 15) is 9.90 Å². The summed E-state index contributed by atoms with van der Waals surface area (Å²) in [7, 11) is 0. The number of aliphatic hydroxyl groups is 1. The second kappa shape index (κ2) is 9.05. The lowest BCUT2D eigenvalue weighted by Gasteiger charge is -2.29. The van der Waals surface area contributed by atoms with Crippen molar-refractivity contribution in [3.05, 3.63) is 41.5 Å². The zero-order chi connectivity index (χ0) is 20.1. The van der Waals surface area contributed by atoms with E-state index in [4.69, 9.17) is 4.74 Å². The van der Waals surface area contributed by atoms with Gasteiger partial charge in [-0.1, -0.05) is 12.1 Å². The van der Waals surface area contributed by atoms with E-state index in [2.05, 4.69) is 20.1 Å². The molecule has 0 aliphatic carbocycles. The van der Waals surface area contributed by atoms with E-state index in [1.807, 2.05) is 45.0 Å². The smallest absolute Gasteiger partial charge is 0.318 e. The highest BCUT2D eigenvalue weighted by atomic mass is 16.5. The van der Waals surface area contributed by atoms with Crippen LogP contribution in [0.2, 0.25) is 0 Å². The first-order valence-electron chi connectivity index (χ1n) is 9.77. The van der Waals surface area contributed by atoms with Gasteiger partial charge in [-0.15, -0.1) is 10.2 Å². The maximum Gasteiger partial charge on any atom is 0.318 e. The number of urea groups is 1. The lowest BCUT2D eigenvalue weighted by Crippen LogP contribution is -2.48. The Labute approximate surface area is 165 Å². The number of carbonyl (C=O) groups is 1. The molecule has 1 aromatic heterocycles. The van der Waals surface area contributed by atoms with E-state index in [0.29, 0.717) is 12.3 Å². The number of nitrogens with one attached hydrogen (secondary N) is 1. The number of carbonyl (C=O) groups excluding carboxylic acids is 1. The fourth-order valence-corrected chi connectivity index (χ4v) is 3.30. The van der Waals surface area contributed by atoms with E-state index < -0.39 is 6.10 Å². The number of nitrogens with zero attached hydrogens (tertiary/aromatic N) is 4. The second-order valence-corrected chi connectivity index (χ2v) is 7.47. The second-order valence-electron chi connectivity index (χ2n) is 7.47. The number of benzene rings is 1. The molecule has 0 fully saturated rings. The fourth-order valence-electron chi connectivity index (χ4n) is 3.30. The Bertz CT molecular complexity index is 805. The zero-order valence-electron chi connectivity index (χ0n) is 16.8. The highest BCUT2D eigenvalue weighted by Gasteiger charge is 2.22. The number of aryl methyl sites for hydroxylation is 2. The van der Waals surface area contributed by atoms with Crippen LogP contribution in [-0.2, 0) is 19.5 Å². The Morgan fingerprint density at radius 1 is 1.39 bits per heavy atom. The summed E-state index contributed by atoms with van der Waals surface area (Å²) in [5, 5.41) is 21.6. The van der Waals surface area contributed by atoms with Crippen molar-refractivity contribution in [3.8, 4) is 5.75 Å². The molecule has 1 atom stereocenters. The van der Waals surface area contributed by atoms with Crippen LogP contribution in [0, 0.1) is 6.92 Å². The third-order valence-corrected chi connectivity index (χ3v) is 4.81. The van der Waals surface area contributed by atoms with Crippen molar-refractivity contribution in [3.63, 3.8) is 0 Å². The third-order valence-electron chi connectivity index (χ3n) is 4.81. The summed E-state index contributed by atoms with van der Waals surface area (Å²) < 4.78 is 7.71. The molecule has 0 saturated carbocycles. The van der Waals surface area contributed by atoms with E-state index >= 15 is 0 Å². The third kappa shape index (κ3) is 5.01. The highest BCUT2D eigenvalue weighted by molar-refractivity contribution is 5.74. The molecule has 0 saturated heterocycles. The zero-order valence-corrected chi connectivity index (χ0v) is 16.8. The van der Waals surface area contributed by atoms with Crippen LogP contribution in [0.5, 0.6) is 5.75 Å². The van der Waals surface area contributed by atoms with Crippen molar-refractivity contribution in [2.45, 2.75) is 58.8 Å². The van der Waals surface area contributed by atoms with Gasteiger partial charge in [-0.2, -0.15) is 0 Å². The van der Waals surface area contributed by atoms with Crippen molar-refractivity contribution < 1.29 is 14.6 Å². The maximum atomic E-state index is 12.6. The molecule has 8 nitrogen and oxygen atoms in total. The minimum atomic E-state index is -0.786. The van der Waals surface area contributed by atoms with Gasteiger partial charge in [-0.3, -0.25) is 0 Å². The van der Waals surface area contributed by atoms with Crippen LogP contribution in [0.4, 0.5) is 4.79 Å². The number of hydrogen-bond acceptors (Lipinski definition) is 5. The van der Waals surface area contributed by atoms with Gasteiger partial charge >= 0.3 is 6.03 Å². The molecule has 0 radical (unpaired) electrons. The van der Waals surface area contributed by atoms with Crippen molar-refractivity contribution >= 4 is 6.03 Å². The van der Waals surface area contributed by atoms with Gasteiger partial charge in [-0.05, 0) is 44.9 Å². The number of hydrogen-bond donors (Lipinski definition) is 2. The fraction of sp³-hybridized carbons (Fsp3) is 0.550. The molecule has 0 bridgehead atoms. The summed E-state index contributed by atoms with van der Waals surface area (Å²) >= 11 is 0. The molecule has 1 aromatic carbocycles. The number of aromatic nitrogens is 3. The van der Waals surface area contributed by atoms with Gasteiger partial charge in [0.1, 0.15) is 24.3 Å². The van der Waals surface area contributed by atoms with E-state index in [1.54, 1.807) is 4.90 Å². The standard InChI is InChI=1S/C20H29N5O3/c1-14(2)25(12-16(26)13-28-17-7-4-6-15(3)10-17)20(27)21-11-19-23-22-18-8-5-9-24(18)19/h4,6-7,10,14,16,26H,5,8-9,11-13H2,1-3H3,(H,21,27)/t16-/m1/s1. The Balaban J connectivity index is 1.50. The molecule has 2 heterocycles. The average molecular weight is 387 g/mol. The summed E-state index contributed by atoms with van der Waals surface area (Å²) in [6, 6.07) is 7.36. The van der Waals surface area contributed by atoms with Crippen LogP contribution < -0.4 is 10.1 Å². The van der Waals surface area contributed by atoms with Gasteiger partial charge in [0.15, 0.2) is 5.82 Å². The quantitative estimate of drug-likeness (QED) is 0.722. The molecule has 1 aliphatic heterocycles. The average Bonchev–Trinajstić information content (AvgIpc) is 3.26. The van der Waals surface area contributed by atoms with Gasteiger partial charge in [-0.25, -0.2) is 4.79 Å². The first kappa shape index (κ1) is 20.1. The van der Waals surface area contributed by atoms with Crippen molar-refractivity contribution in [1.82, 2.24) is 25.0 Å². The molecule has 2 amide bonds. The molecule has 8 heteroatoms. The normalized spacial score (nSPS) is 14.0. The molecule has 0 unspecified atom stereocenters. The molecule has 2 aromatic rings. The van der Waals surface area contributed by atoms with Crippen molar-refractivity contribution in [2.75, 3.05) is 13.2 Å². The van der Waals surface area contributed by atoms with E-state index in [0.717, 1.165) is 36.6 Å². The molecule has 1 aliphatic rings. The molecule has 0 spiro atoms. The predicted molar refractivity (Wildman–Crippen MR) is 105 cm³/mol. The summed E-state index contributed by atoms with van der Waals surface area (Å²) in [6.45, 7) is 7.36. The van der Waals surface area contributed by atoms with Gasteiger partial charge in [0, 0.05) is 19.0 Å². The summed E-state index contributed by atoms with van der Waals surface area (Å²) in [5.74, 6) is 2.46. The van der Waals surface area contributed by atoms with E-state index in [-0.39, 0.29) is 25.2 Å². The SMILES string of the molecule is Cc1cccc(OC[C@H](O)CN(C(=O)NCc2nnc3n2CCC3)C(C)C)c1. The molecule has 2 N–H and O–H groups in total. The Hall–Kier alpha value is -2.61. The van der Waals surface area contributed by atoms with Crippen LogP contribution >= 0.6 is 0 Å². The minimum Gasteiger partial charge on any atom is -0.491 e. The van der Waals surface area contributed by atoms with Gasteiger partial charge in [0.2, 0.25) is 0 Å². The topological polar surface area (TPSA) is 92.5 Å². The van der Waals surface area contributed by atoms with Crippen molar-refractivity contribution in [1.29, 1.82) is 0 Å². The highest BCUT2D eigenvalue weighted by Crippen LogP contribution is 2.14. The molecule has 3 rings (SSSR count). The monoisotopic (exact) mass is 387 g/mol. The molecular formula is C20H29N5O3. The lowest BCUT2D eigenvalue weighted by atomic mass is 10.2. The van der Waals surface area contributed by atoms with Crippen LogP contribution in [0.3, 0.4) is 0 Å². The minimum absolute atomic E-state index is 0.0577. The first-order valence-corrected chi connectivity index (χ1v) is 9.77. The number of aliphatic hydroxyl groups excluding tert-OH is 1. The number of ether oxygens (including phenoxy) is 1. The summed E-state index contributed by atoms with van der Waals surface area (Å²) in [6.07, 6.45) is 1.22. The predicted octanol–water partition coefficient (Wildman–Crippen LogP) is 1.89. The lowest BCUT2D eigenvalue weighted by molar-refractivity contribution is 0.0688. The Morgan fingerprint density at radius 2 is 2.21 bits per heavy atom. The first-order chi connectivity index (χ1) is 13.4. The van der Waals surface area contributed by atoms with Crippen molar-refractivity contribution in [2.24, 2.45) is 0 Å². The number of amides is 2. The maximum absolute atomic E-state index is 12.6. The van der Waals surface area contributed by atoms with Gasteiger partial charge in [0.25, 0.3) is 0 Å². The Kier molecular flexibility index (Phi) is 6.51. The van der Waals surface area contributed by atoms with Crippen LogP contribution in [0.1, 0.15) is 37.5 Å². The number of fused-ring (bicyclic) bond motifs is 1.